The third kappa shape index (κ3) is 4.11. The van der Waals surface area contributed by atoms with E-state index in [2.05, 4.69) is 61.5 Å². The summed E-state index contributed by atoms with van der Waals surface area (Å²) in [5.74, 6) is 2.48. The predicted molar refractivity (Wildman–Crippen MR) is 103 cm³/mol. The molecule has 1 rings (SSSR count). The lowest BCUT2D eigenvalue weighted by atomic mass is 9.75. The van der Waals surface area contributed by atoms with E-state index in [1.54, 1.807) is 0 Å². The van der Waals surface area contributed by atoms with E-state index in [1.807, 2.05) is 0 Å². The molecule has 0 bridgehead atoms. The smallest absolute Gasteiger partial charge is 0.119 e. The number of phenolic OH excluding ortho intramolecular Hbond substituents is 1. The molecule has 132 valence electrons. The van der Waals surface area contributed by atoms with Crippen LogP contribution in [0, 0.1) is 0 Å². The predicted octanol–water partition coefficient (Wildman–Crippen LogP) is 7.45. The zero-order chi connectivity index (χ0) is 17.7. The first kappa shape index (κ1) is 20.1. The van der Waals surface area contributed by atoms with Gasteiger partial charge in [-0.15, -0.1) is 0 Å². The zero-order valence-corrected chi connectivity index (χ0v) is 16.7. The van der Waals surface area contributed by atoms with Gasteiger partial charge in [0.05, 0.1) is 0 Å². The Morgan fingerprint density at radius 3 is 1.48 bits per heavy atom. The minimum Gasteiger partial charge on any atom is -0.508 e. The molecule has 1 nitrogen and oxygen atoms in total. The molecule has 0 aliphatic heterocycles. The average Bonchev–Trinajstić information content (AvgIpc) is 2.57. The molecule has 0 aromatic heterocycles. The third-order valence-corrected chi connectivity index (χ3v) is 5.92. The normalized spacial score (nSPS) is 16.9. The van der Waals surface area contributed by atoms with Crippen LogP contribution in [0.15, 0.2) is 6.07 Å². The second-order valence-corrected chi connectivity index (χ2v) is 7.46. The van der Waals surface area contributed by atoms with Crippen molar-refractivity contribution in [3.8, 4) is 5.75 Å². The summed E-state index contributed by atoms with van der Waals surface area (Å²) in [4.78, 5) is 0. The molecule has 0 spiro atoms. The standard InChI is InChI=1S/C22H38O/c1-9-14(5)18-13-19(23)21(16(7)11-3)22(17(8)12-4)20(18)15(6)10-2/h13-17,23H,9-12H2,1-8H3. The Morgan fingerprint density at radius 2 is 1.04 bits per heavy atom. The highest BCUT2D eigenvalue weighted by Gasteiger charge is 2.27. The highest BCUT2D eigenvalue weighted by molar-refractivity contribution is 5.54. The Labute approximate surface area is 144 Å². The van der Waals surface area contributed by atoms with E-state index in [1.165, 1.54) is 22.3 Å². The summed E-state index contributed by atoms with van der Waals surface area (Å²) in [7, 11) is 0. The maximum Gasteiger partial charge on any atom is 0.119 e. The van der Waals surface area contributed by atoms with Crippen molar-refractivity contribution < 1.29 is 5.11 Å². The number of hydrogen-bond acceptors (Lipinski definition) is 1. The molecule has 1 N–H and O–H groups in total. The molecule has 0 saturated carbocycles. The van der Waals surface area contributed by atoms with Gasteiger partial charge in [-0.3, -0.25) is 0 Å². The van der Waals surface area contributed by atoms with Gasteiger partial charge in [0.1, 0.15) is 5.75 Å². The first-order valence-corrected chi connectivity index (χ1v) is 9.73. The summed E-state index contributed by atoms with van der Waals surface area (Å²) in [5, 5.41) is 10.8. The second-order valence-electron chi connectivity index (χ2n) is 7.46. The zero-order valence-electron chi connectivity index (χ0n) is 16.7. The van der Waals surface area contributed by atoms with Crippen molar-refractivity contribution in [2.75, 3.05) is 0 Å². The largest absolute Gasteiger partial charge is 0.508 e. The third-order valence-electron chi connectivity index (χ3n) is 5.92. The number of hydrogen-bond donors (Lipinski definition) is 1. The lowest BCUT2D eigenvalue weighted by Gasteiger charge is -2.31. The Morgan fingerprint density at radius 1 is 0.652 bits per heavy atom. The highest BCUT2D eigenvalue weighted by Crippen LogP contribution is 2.45. The Bertz CT molecular complexity index is 503. The lowest BCUT2D eigenvalue weighted by molar-refractivity contribution is 0.455. The molecule has 4 unspecified atom stereocenters. The van der Waals surface area contributed by atoms with Crippen LogP contribution in [0.2, 0.25) is 0 Å². The summed E-state index contributed by atoms with van der Waals surface area (Å²) < 4.78 is 0. The molecular weight excluding hydrogens is 280 g/mol. The van der Waals surface area contributed by atoms with Gasteiger partial charge in [0.15, 0.2) is 0 Å². The number of benzene rings is 1. The van der Waals surface area contributed by atoms with Crippen LogP contribution in [0.1, 0.15) is 127 Å². The molecular formula is C22H38O. The van der Waals surface area contributed by atoms with Gasteiger partial charge in [-0.2, -0.15) is 0 Å². The minimum absolute atomic E-state index is 0.410. The quantitative estimate of drug-likeness (QED) is 0.528. The molecule has 1 heteroatoms. The van der Waals surface area contributed by atoms with Gasteiger partial charge >= 0.3 is 0 Å². The van der Waals surface area contributed by atoms with Crippen molar-refractivity contribution in [3.63, 3.8) is 0 Å². The van der Waals surface area contributed by atoms with E-state index in [-0.39, 0.29) is 0 Å². The minimum atomic E-state index is 0.410. The van der Waals surface area contributed by atoms with Crippen molar-refractivity contribution >= 4 is 0 Å². The van der Waals surface area contributed by atoms with Gasteiger partial charge in [0, 0.05) is 5.56 Å². The maximum atomic E-state index is 10.8. The lowest BCUT2D eigenvalue weighted by Crippen LogP contribution is -2.13. The maximum absolute atomic E-state index is 10.8. The van der Waals surface area contributed by atoms with Crippen LogP contribution < -0.4 is 0 Å². The van der Waals surface area contributed by atoms with E-state index >= 15 is 0 Å². The summed E-state index contributed by atoms with van der Waals surface area (Å²) in [6.07, 6.45) is 4.46. The number of rotatable bonds is 8. The molecule has 23 heavy (non-hydrogen) atoms. The molecule has 0 radical (unpaired) electrons. The van der Waals surface area contributed by atoms with Crippen molar-refractivity contribution in [2.24, 2.45) is 0 Å². The van der Waals surface area contributed by atoms with E-state index in [0.29, 0.717) is 29.4 Å². The van der Waals surface area contributed by atoms with E-state index in [9.17, 15) is 5.11 Å². The van der Waals surface area contributed by atoms with Gasteiger partial charge in [0.25, 0.3) is 0 Å². The van der Waals surface area contributed by atoms with Gasteiger partial charge < -0.3 is 5.11 Å². The Balaban J connectivity index is 3.81. The molecule has 0 fully saturated rings. The van der Waals surface area contributed by atoms with Gasteiger partial charge in [0.2, 0.25) is 0 Å². The Hall–Kier alpha value is -0.980. The van der Waals surface area contributed by atoms with Crippen LogP contribution in [0.25, 0.3) is 0 Å². The molecule has 4 atom stereocenters. The molecule has 0 heterocycles. The number of aromatic hydroxyl groups is 1. The van der Waals surface area contributed by atoms with Crippen molar-refractivity contribution in [1.29, 1.82) is 0 Å². The van der Waals surface area contributed by atoms with Gasteiger partial charge in [-0.05, 0) is 72.1 Å². The fraction of sp³-hybridized carbons (Fsp3) is 0.727. The van der Waals surface area contributed by atoms with Crippen LogP contribution in [0.4, 0.5) is 0 Å². The van der Waals surface area contributed by atoms with Crippen molar-refractivity contribution in [1.82, 2.24) is 0 Å². The SMILES string of the molecule is CCC(C)c1cc(O)c(C(C)CC)c(C(C)CC)c1C(C)CC. The summed E-state index contributed by atoms with van der Waals surface area (Å²) >= 11 is 0. The van der Waals surface area contributed by atoms with Crippen LogP contribution >= 0.6 is 0 Å². The summed E-state index contributed by atoms with van der Waals surface area (Å²) in [6.45, 7) is 18.2. The fourth-order valence-electron chi connectivity index (χ4n) is 3.58. The monoisotopic (exact) mass is 318 g/mol. The van der Waals surface area contributed by atoms with E-state index in [0.717, 1.165) is 25.7 Å². The summed E-state index contributed by atoms with van der Waals surface area (Å²) in [5.41, 5.74) is 5.57. The van der Waals surface area contributed by atoms with Crippen molar-refractivity contribution in [2.45, 2.75) is 105 Å². The van der Waals surface area contributed by atoms with Crippen LogP contribution in [0.5, 0.6) is 5.75 Å². The van der Waals surface area contributed by atoms with Gasteiger partial charge in [-0.25, -0.2) is 0 Å². The first-order valence-electron chi connectivity index (χ1n) is 9.73. The number of phenols is 1. The van der Waals surface area contributed by atoms with E-state index in [4.69, 9.17) is 0 Å². The van der Waals surface area contributed by atoms with Crippen LogP contribution in [-0.2, 0) is 0 Å². The summed E-state index contributed by atoms with van der Waals surface area (Å²) in [6, 6.07) is 2.09. The second kappa shape index (κ2) is 8.76. The van der Waals surface area contributed by atoms with E-state index < -0.39 is 0 Å². The molecule has 1 aromatic rings. The van der Waals surface area contributed by atoms with Crippen LogP contribution in [0.3, 0.4) is 0 Å². The topological polar surface area (TPSA) is 20.2 Å². The molecule has 0 amide bonds. The van der Waals surface area contributed by atoms with Crippen LogP contribution in [-0.4, -0.2) is 5.11 Å². The first-order chi connectivity index (χ1) is 10.8. The molecule has 0 aliphatic rings. The Kier molecular flexibility index (Phi) is 7.64. The molecule has 0 aliphatic carbocycles. The van der Waals surface area contributed by atoms with Gasteiger partial charge in [-0.1, -0.05) is 55.4 Å². The molecule has 1 aromatic carbocycles. The molecule has 0 saturated heterocycles. The highest BCUT2D eigenvalue weighted by atomic mass is 16.3. The fourth-order valence-corrected chi connectivity index (χ4v) is 3.58. The van der Waals surface area contributed by atoms with Crippen molar-refractivity contribution in [3.05, 3.63) is 28.3 Å². The average molecular weight is 319 g/mol.